The van der Waals surface area contributed by atoms with Gasteiger partial charge in [-0.2, -0.15) is 0 Å². The largest absolute Gasteiger partial charge is 0.367 e. The van der Waals surface area contributed by atoms with Gasteiger partial charge in [0, 0.05) is 18.3 Å². The Labute approximate surface area is 151 Å². The van der Waals surface area contributed by atoms with Crippen LogP contribution in [0.2, 0.25) is 0 Å². The molecule has 0 spiro atoms. The lowest BCUT2D eigenvalue weighted by atomic mass is 10.1. The molecule has 2 heterocycles. The van der Waals surface area contributed by atoms with Crippen LogP contribution in [0, 0.1) is 11.6 Å². The summed E-state index contributed by atoms with van der Waals surface area (Å²) < 4.78 is 53.1. The van der Waals surface area contributed by atoms with E-state index in [4.69, 9.17) is 0 Å². The first-order chi connectivity index (χ1) is 12.3. The molecule has 26 heavy (non-hydrogen) atoms. The molecule has 0 atom stereocenters. The second kappa shape index (κ2) is 7.55. The van der Waals surface area contributed by atoms with Crippen molar-refractivity contribution in [1.82, 2.24) is 9.88 Å². The molecule has 1 aromatic heterocycles. The SMILES string of the molecule is CN1CCC(Nc2ccc(S(=O)(=O)Nc3ccc(F)c(F)c3)cn2)CC1. The average Bonchev–Trinajstić information content (AvgIpc) is 2.60. The molecule has 1 aromatic carbocycles. The van der Waals surface area contributed by atoms with Gasteiger partial charge in [0.25, 0.3) is 10.0 Å². The topological polar surface area (TPSA) is 74.3 Å². The maximum Gasteiger partial charge on any atom is 0.263 e. The first-order valence-corrected chi connectivity index (χ1v) is 9.71. The van der Waals surface area contributed by atoms with Crippen LogP contribution in [0.15, 0.2) is 41.4 Å². The predicted octanol–water partition coefficient (Wildman–Crippen LogP) is 2.67. The van der Waals surface area contributed by atoms with E-state index in [1.54, 1.807) is 6.07 Å². The molecular weight excluding hydrogens is 362 g/mol. The van der Waals surface area contributed by atoms with Crippen LogP contribution in [-0.4, -0.2) is 44.5 Å². The molecule has 0 amide bonds. The van der Waals surface area contributed by atoms with E-state index in [2.05, 4.69) is 27.0 Å². The van der Waals surface area contributed by atoms with Gasteiger partial charge in [-0.25, -0.2) is 22.2 Å². The van der Waals surface area contributed by atoms with Crippen LogP contribution in [0.3, 0.4) is 0 Å². The highest BCUT2D eigenvalue weighted by molar-refractivity contribution is 7.92. The Morgan fingerprint density at radius 3 is 2.46 bits per heavy atom. The molecule has 0 saturated carbocycles. The van der Waals surface area contributed by atoms with E-state index in [1.165, 1.54) is 12.3 Å². The minimum atomic E-state index is -3.94. The van der Waals surface area contributed by atoms with E-state index < -0.39 is 21.7 Å². The van der Waals surface area contributed by atoms with E-state index in [9.17, 15) is 17.2 Å². The van der Waals surface area contributed by atoms with E-state index in [1.807, 2.05) is 0 Å². The van der Waals surface area contributed by atoms with Crippen LogP contribution in [-0.2, 0) is 10.0 Å². The molecule has 0 radical (unpaired) electrons. The van der Waals surface area contributed by atoms with Gasteiger partial charge >= 0.3 is 0 Å². The molecule has 1 fully saturated rings. The number of piperidine rings is 1. The Morgan fingerprint density at radius 1 is 1.12 bits per heavy atom. The first kappa shape index (κ1) is 18.5. The zero-order valence-electron chi connectivity index (χ0n) is 14.2. The van der Waals surface area contributed by atoms with E-state index in [-0.39, 0.29) is 10.6 Å². The van der Waals surface area contributed by atoms with Crippen molar-refractivity contribution < 1.29 is 17.2 Å². The van der Waals surface area contributed by atoms with Gasteiger partial charge in [0.1, 0.15) is 10.7 Å². The summed E-state index contributed by atoms with van der Waals surface area (Å²) in [6.45, 7) is 2.00. The number of hydrogen-bond acceptors (Lipinski definition) is 5. The molecule has 6 nitrogen and oxygen atoms in total. The minimum absolute atomic E-state index is 0.0579. The van der Waals surface area contributed by atoms with Crippen molar-refractivity contribution in [3.05, 3.63) is 48.2 Å². The number of nitrogens with one attached hydrogen (secondary N) is 2. The van der Waals surface area contributed by atoms with Crippen LogP contribution in [0.4, 0.5) is 20.3 Å². The van der Waals surface area contributed by atoms with Crippen LogP contribution >= 0.6 is 0 Å². The fourth-order valence-electron chi connectivity index (χ4n) is 2.76. The van der Waals surface area contributed by atoms with Crippen molar-refractivity contribution in [1.29, 1.82) is 0 Å². The smallest absolute Gasteiger partial charge is 0.263 e. The number of aromatic nitrogens is 1. The predicted molar refractivity (Wildman–Crippen MR) is 95.5 cm³/mol. The Bertz CT molecular complexity index is 867. The van der Waals surface area contributed by atoms with E-state index in [0.717, 1.165) is 44.1 Å². The van der Waals surface area contributed by atoms with Gasteiger partial charge in [0.05, 0.1) is 5.69 Å². The quantitative estimate of drug-likeness (QED) is 0.832. The molecule has 0 aliphatic carbocycles. The average molecular weight is 382 g/mol. The van der Waals surface area contributed by atoms with Gasteiger partial charge in [-0.1, -0.05) is 0 Å². The minimum Gasteiger partial charge on any atom is -0.367 e. The molecule has 0 unspecified atom stereocenters. The molecule has 1 aliphatic heterocycles. The van der Waals surface area contributed by atoms with Crippen LogP contribution in [0.25, 0.3) is 0 Å². The molecular formula is C17H20F2N4O2S. The second-order valence-electron chi connectivity index (χ2n) is 6.34. The number of benzene rings is 1. The van der Waals surface area contributed by atoms with Gasteiger partial charge in [-0.3, -0.25) is 4.72 Å². The Balaban J connectivity index is 1.67. The van der Waals surface area contributed by atoms with Crippen LogP contribution in [0.1, 0.15) is 12.8 Å². The third-order valence-electron chi connectivity index (χ3n) is 4.29. The lowest BCUT2D eigenvalue weighted by Gasteiger charge is -2.29. The first-order valence-electron chi connectivity index (χ1n) is 8.22. The van der Waals surface area contributed by atoms with Crippen molar-refractivity contribution in [3.8, 4) is 0 Å². The maximum absolute atomic E-state index is 13.2. The van der Waals surface area contributed by atoms with E-state index in [0.29, 0.717) is 11.9 Å². The zero-order valence-corrected chi connectivity index (χ0v) is 15.1. The van der Waals surface area contributed by atoms with Crippen molar-refractivity contribution in [2.45, 2.75) is 23.8 Å². The molecule has 140 valence electrons. The number of sulfonamides is 1. The highest BCUT2D eigenvalue weighted by Crippen LogP contribution is 2.20. The fraction of sp³-hybridized carbons (Fsp3) is 0.353. The van der Waals surface area contributed by atoms with Gasteiger partial charge in [0.15, 0.2) is 11.6 Å². The van der Waals surface area contributed by atoms with E-state index >= 15 is 0 Å². The van der Waals surface area contributed by atoms with Crippen LogP contribution < -0.4 is 10.0 Å². The third kappa shape index (κ3) is 4.47. The number of nitrogens with zero attached hydrogens (tertiary/aromatic N) is 2. The molecule has 9 heteroatoms. The molecule has 1 aliphatic rings. The monoisotopic (exact) mass is 382 g/mol. The summed E-state index contributed by atoms with van der Waals surface area (Å²) in [7, 11) is -1.86. The summed E-state index contributed by atoms with van der Waals surface area (Å²) in [5, 5.41) is 3.30. The summed E-state index contributed by atoms with van der Waals surface area (Å²) >= 11 is 0. The third-order valence-corrected chi connectivity index (χ3v) is 5.66. The number of pyridine rings is 1. The summed E-state index contributed by atoms with van der Waals surface area (Å²) in [6.07, 6.45) is 3.23. The lowest BCUT2D eigenvalue weighted by Crippen LogP contribution is -2.36. The Kier molecular flexibility index (Phi) is 5.38. The maximum atomic E-state index is 13.2. The number of rotatable bonds is 5. The summed E-state index contributed by atoms with van der Waals surface area (Å²) in [5.41, 5.74) is -0.0579. The lowest BCUT2D eigenvalue weighted by molar-refractivity contribution is 0.263. The van der Waals surface area contributed by atoms with Gasteiger partial charge in [-0.15, -0.1) is 0 Å². The Hall–Kier alpha value is -2.26. The van der Waals surface area contributed by atoms with Gasteiger partial charge in [-0.05, 0) is 57.2 Å². The molecule has 2 N–H and O–H groups in total. The number of anilines is 2. The highest BCUT2D eigenvalue weighted by Gasteiger charge is 2.18. The fourth-order valence-corrected chi connectivity index (χ4v) is 3.75. The van der Waals surface area contributed by atoms with Crippen molar-refractivity contribution in [3.63, 3.8) is 0 Å². The van der Waals surface area contributed by atoms with Crippen molar-refractivity contribution in [2.75, 3.05) is 30.2 Å². The molecule has 2 aromatic rings. The number of likely N-dealkylation sites (tertiary alicyclic amines) is 1. The standard InChI is InChI=1S/C17H20F2N4O2S/c1-23-8-6-12(7-9-23)21-17-5-3-14(11-20-17)26(24,25)22-13-2-4-15(18)16(19)10-13/h2-5,10-12,22H,6-9H2,1H3,(H,20,21). The van der Waals surface area contributed by atoms with Gasteiger partial charge in [0.2, 0.25) is 0 Å². The van der Waals surface area contributed by atoms with Gasteiger partial charge < -0.3 is 10.2 Å². The highest BCUT2D eigenvalue weighted by atomic mass is 32.2. The second-order valence-corrected chi connectivity index (χ2v) is 8.02. The van der Waals surface area contributed by atoms with Crippen molar-refractivity contribution >= 4 is 21.5 Å². The number of halogens is 2. The molecule has 3 rings (SSSR count). The van der Waals surface area contributed by atoms with Crippen LogP contribution in [0.5, 0.6) is 0 Å². The zero-order chi connectivity index (χ0) is 18.7. The summed E-state index contributed by atoms with van der Waals surface area (Å²) in [5.74, 6) is -1.56. The van der Waals surface area contributed by atoms with Crippen molar-refractivity contribution in [2.24, 2.45) is 0 Å². The number of hydrogen-bond donors (Lipinski definition) is 2. The molecule has 0 bridgehead atoms. The Morgan fingerprint density at radius 2 is 1.85 bits per heavy atom. The summed E-state index contributed by atoms with van der Waals surface area (Å²) in [4.78, 5) is 6.35. The molecule has 1 saturated heterocycles. The summed E-state index contributed by atoms with van der Waals surface area (Å²) in [6, 6.07) is 6.13. The normalized spacial score (nSPS) is 16.4.